The Balaban J connectivity index is 1.66. The zero-order valence-corrected chi connectivity index (χ0v) is 15.6. The van der Waals surface area contributed by atoms with Gasteiger partial charge in [0.15, 0.2) is 0 Å². The zero-order valence-electron chi connectivity index (χ0n) is 14.0. The normalized spacial score (nSPS) is 11.1. The average Bonchev–Trinajstić information content (AvgIpc) is 3.16. The van der Waals surface area contributed by atoms with Crippen LogP contribution in [0.5, 0.6) is 0 Å². The van der Waals surface area contributed by atoms with E-state index in [1.54, 1.807) is 36.4 Å². The van der Waals surface area contributed by atoms with Crippen LogP contribution in [-0.2, 0) is 21.4 Å². The summed E-state index contributed by atoms with van der Waals surface area (Å²) >= 11 is 5.80. The second-order valence-electron chi connectivity index (χ2n) is 5.60. The molecule has 0 atom stereocenters. The molecule has 0 radical (unpaired) electrons. The maximum Gasteiger partial charge on any atom is 0.261 e. The van der Waals surface area contributed by atoms with Crippen molar-refractivity contribution < 1.29 is 13.2 Å². The van der Waals surface area contributed by atoms with E-state index in [4.69, 9.17) is 11.6 Å². The molecule has 1 aromatic heterocycles. The minimum Gasteiger partial charge on any atom is -0.326 e. The van der Waals surface area contributed by atoms with Gasteiger partial charge in [0.1, 0.15) is 12.7 Å². The van der Waals surface area contributed by atoms with Crippen molar-refractivity contribution >= 4 is 38.9 Å². The van der Waals surface area contributed by atoms with Crippen LogP contribution in [0.2, 0.25) is 5.02 Å². The number of aryl methyl sites for hydroxylation is 1. The highest BCUT2D eigenvalue weighted by molar-refractivity contribution is 7.92. The molecule has 0 unspecified atom stereocenters. The fourth-order valence-electron chi connectivity index (χ4n) is 2.26. The van der Waals surface area contributed by atoms with Gasteiger partial charge in [-0.2, -0.15) is 5.10 Å². The van der Waals surface area contributed by atoms with Crippen LogP contribution in [0, 0.1) is 0 Å². The largest absolute Gasteiger partial charge is 0.326 e. The van der Waals surface area contributed by atoms with E-state index < -0.39 is 10.0 Å². The van der Waals surface area contributed by atoms with E-state index in [1.807, 2.05) is 0 Å². The van der Waals surface area contributed by atoms with Crippen molar-refractivity contribution in [2.45, 2.75) is 17.9 Å². The van der Waals surface area contributed by atoms with Crippen LogP contribution in [0.1, 0.15) is 6.42 Å². The van der Waals surface area contributed by atoms with Gasteiger partial charge in [-0.1, -0.05) is 17.7 Å². The lowest BCUT2D eigenvalue weighted by atomic mass is 10.3. The summed E-state index contributed by atoms with van der Waals surface area (Å²) in [6, 6.07) is 12.3. The molecule has 1 heterocycles. The maximum absolute atomic E-state index is 12.5. The van der Waals surface area contributed by atoms with Gasteiger partial charge in [-0.05, 0) is 42.5 Å². The molecule has 1 amide bonds. The van der Waals surface area contributed by atoms with Crippen LogP contribution in [0.3, 0.4) is 0 Å². The maximum atomic E-state index is 12.5. The summed E-state index contributed by atoms with van der Waals surface area (Å²) in [4.78, 5) is 15.9. The van der Waals surface area contributed by atoms with Gasteiger partial charge in [-0.15, -0.1) is 0 Å². The third kappa shape index (κ3) is 5.28. The molecule has 2 aromatic carbocycles. The van der Waals surface area contributed by atoms with Gasteiger partial charge < -0.3 is 5.32 Å². The number of aromatic nitrogens is 3. The minimum atomic E-state index is -3.80. The predicted octanol–water partition coefficient (Wildman–Crippen LogP) is 2.76. The number of benzene rings is 2. The molecule has 0 spiro atoms. The molecule has 0 aliphatic rings. The molecule has 27 heavy (non-hydrogen) atoms. The second kappa shape index (κ2) is 8.19. The molecular weight excluding hydrogens is 390 g/mol. The zero-order chi connectivity index (χ0) is 19.3. The Labute approximate surface area is 161 Å². The Morgan fingerprint density at radius 2 is 1.89 bits per heavy atom. The Morgan fingerprint density at radius 1 is 1.11 bits per heavy atom. The van der Waals surface area contributed by atoms with E-state index in [1.165, 1.54) is 29.5 Å². The molecule has 3 rings (SSSR count). The van der Waals surface area contributed by atoms with Gasteiger partial charge in [0.25, 0.3) is 10.0 Å². The van der Waals surface area contributed by atoms with Crippen LogP contribution in [-0.4, -0.2) is 29.1 Å². The van der Waals surface area contributed by atoms with E-state index in [-0.39, 0.29) is 17.2 Å². The van der Waals surface area contributed by atoms with Crippen LogP contribution >= 0.6 is 11.6 Å². The van der Waals surface area contributed by atoms with Crippen molar-refractivity contribution in [1.82, 2.24) is 14.8 Å². The Bertz CT molecular complexity index is 1020. The number of anilines is 2. The average molecular weight is 406 g/mol. The highest BCUT2D eigenvalue weighted by Crippen LogP contribution is 2.20. The van der Waals surface area contributed by atoms with Gasteiger partial charge in [-0.25, -0.2) is 13.4 Å². The summed E-state index contributed by atoms with van der Waals surface area (Å²) in [5.74, 6) is -0.259. The van der Waals surface area contributed by atoms with Crippen molar-refractivity contribution in [3.63, 3.8) is 0 Å². The summed E-state index contributed by atoms with van der Waals surface area (Å²) in [5, 5.41) is 7.10. The van der Waals surface area contributed by atoms with E-state index in [2.05, 4.69) is 20.1 Å². The quantitative estimate of drug-likeness (QED) is 0.628. The molecule has 0 aliphatic carbocycles. The molecule has 140 valence electrons. The summed E-state index contributed by atoms with van der Waals surface area (Å²) in [7, 11) is -3.80. The Morgan fingerprint density at radius 3 is 2.59 bits per heavy atom. The lowest BCUT2D eigenvalue weighted by molar-refractivity contribution is -0.116. The predicted molar refractivity (Wildman–Crippen MR) is 102 cm³/mol. The van der Waals surface area contributed by atoms with Gasteiger partial charge in [0, 0.05) is 22.8 Å². The molecule has 2 N–H and O–H groups in total. The molecule has 0 saturated carbocycles. The van der Waals surface area contributed by atoms with Crippen LogP contribution in [0.25, 0.3) is 0 Å². The Kier molecular flexibility index (Phi) is 5.72. The third-order valence-electron chi connectivity index (χ3n) is 3.56. The first-order chi connectivity index (χ1) is 12.9. The third-order valence-corrected chi connectivity index (χ3v) is 5.19. The molecule has 8 nitrogen and oxygen atoms in total. The lowest BCUT2D eigenvalue weighted by Crippen LogP contribution is -2.16. The number of nitrogens with zero attached hydrogens (tertiary/aromatic N) is 3. The molecule has 10 heteroatoms. The number of hydrogen-bond acceptors (Lipinski definition) is 5. The van der Waals surface area contributed by atoms with E-state index in [9.17, 15) is 13.2 Å². The van der Waals surface area contributed by atoms with Crippen LogP contribution in [0.4, 0.5) is 11.4 Å². The fourth-order valence-corrected chi connectivity index (χ4v) is 3.49. The molecule has 0 saturated heterocycles. The molecule has 0 bridgehead atoms. The topological polar surface area (TPSA) is 106 Å². The standard InChI is InChI=1S/C17H16ClN5O3S/c18-13-4-6-14(7-5-13)22-27(25,26)16-3-1-2-15(10-16)21-17(24)8-9-23-12-19-11-20-23/h1-7,10-12,22H,8-9H2,(H,21,24). The number of amides is 1. The number of halogens is 1. The fraction of sp³-hybridized carbons (Fsp3) is 0.118. The number of nitrogens with one attached hydrogen (secondary N) is 2. The van der Waals surface area contributed by atoms with Crippen LogP contribution < -0.4 is 10.0 Å². The first-order valence-electron chi connectivity index (χ1n) is 7.93. The first kappa shape index (κ1) is 18.9. The molecule has 0 aliphatic heterocycles. The van der Waals surface area contributed by atoms with Gasteiger partial charge in [-0.3, -0.25) is 14.2 Å². The number of carbonyl (C=O) groups excluding carboxylic acids is 1. The highest BCUT2D eigenvalue weighted by atomic mass is 35.5. The van der Waals surface area contributed by atoms with Crippen molar-refractivity contribution in [1.29, 1.82) is 0 Å². The van der Waals surface area contributed by atoms with Gasteiger partial charge in [0.05, 0.1) is 11.4 Å². The van der Waals surface area contributed by atoms with E-state index in [0.717, 1.165) is 0 Å². The number of sulfonamides is 1. The summed E-state index contributed by atoms with van der Waals surface area (Å²) < 4.78 is 29.1. The molecule has 3 aromatic rings. The summed E-state index contributed by atoms with van der Waals surface area (Å²) in [6.45, 7) is 0.377. The van der Waals surface area contributed by atoms with Gasteiger partial charge in [0.2, 0.25) is 5.91 Å². The van der Waals surface area contributed by atoms with Crippen molar-refractivity contribution in [2.24, 2.45) is 0 Å². The number of carbonyl (C=O) groups is 1. The number of rotatable bonds is 7. The molecule has 0 fully saturated rings. The second-order valence-corrected chi connectivity index (χ2v) is 7.72. The summed E-state index contributed by atoms with van der Waals surface area (Å²) in [6.07, 6.45) is 3.09. The molecular formula is C17H16ClN5O3S. The van der Waals surface area contributed by atoms with Crippen molar-refractivity contribution in [2.75, 3.05) is 10.0 Å². The minimum absolute atomic E-state index is 0.0338. The Hall–Kier alpha value is -2.91. The van der Waals surface area contributed by atoms with Gasteiger partial charge >= 0.3 is 0 Å². The smallest absolute Gasteiger partial charge is 0.261 e. The SMILES string of the molecule is O=C(CCn1cncn1)Nc1cccc(S(=O)(=O)Nc2ccc(Cl)cc2)c1. The number of hydrogen-bond donors (Lipinski definition) is 2. The van der Waals surface area contributed by atoms with E-state index >= 15 is 0 Å². The van der Waals surface area contributed by atoms with E-state index in [0.29, 0.717) is 22.9 Å². The highest BCUT2D eigenvalue weighted by Gasteiger charge is 2.15. The van der Waals surface area contributed by atoms with Crippen molar-refractivity contribution in [3.8, 4) is 0 Å². The summed E-state index contributed by atoms with van der Waals surface area (Å²) in [5.41, 5.74) is 0.777. The van der Waals surface area contributed by atoms with Crippen LogP contribution in [0.15, 0.2) is 66.1 Å². The monoisotopic (exact) mass is 405 g/mol. The van der Waals surface area contributed by atoms with Crippen molar-refractivity contribution in [3.05, 3.63) is 66.2 Å². The first-order valence-corrected chi connectivity index (χ1v) is 9.79. The lowest BCUT2D eigenvalue weighted by Gasteiger charge is -2.10.